The van der Waals surface area contributed by atoms with Crippen molar-refractivity contribution in [3.8, 4) is 0 Å². The van der Waals surface area contributed by atoms with Crippen LogP contribution in [0.5, 0.6) is 0 Å². The van der Waals surface area contributed by atoms with Gasteiger partial charge in [0.2, 0.25) is 0 Å². The first-order valence-electron chi connectivity index (χ1n) is 3.76. The maximum absolute atomic E-state index is 5.88. The third-order valence-electron chi connectivity index (χ3n) is 1.44. The zero-order valence-corrected chi connectivity index (χ0v) is 8.92. The topological polar surface area (TPSA) is 0 Å². The lowest BCUT2D eigenvalue weighted by Crippen LogP contribution is -1.92. The third-order valence-corrected chi connectivity index (χ3v) is 2.81. The third kappa shape index (κ3) is 3.42. The molecule has 0 aliphatic rings. The largest absolute Gasteiger partial charge is 0.118 e. The predicted molar refractivity (Wildman–Crippen MR) is 58.9 cm³/mol. The number of allylic oxidation sites excluding steroid dienone is 1. The Morgan fingerprint density at radius 2 is 2.00 bits per heavy atom. The molecule has 0 aromatic heterocycles. The van der Waals surface area contributed by atoms with Gasteiger partial charge in [-0.25, -0.2) is 0 Å². The van der Waals surface area contributed by atoms with Crippen molar-refractivity contribution in [3.63, 3.8) is 0 Å². The molecule has 0 fully saturated rings. The van der Waals surface area contributed by atoms with Crippen LogP contribution >= 0.6 is 27.5 Å². The van der Waals surface area contributed by atoms with E-state index in [9.17, 15) is 0 Å². The van der Waals surface area contributed by atoms with Crippen molar-refractivity contribution < 1.29 is 0 Å². The lowest BCUT2D eigenvalue weighted by Gasteiger charge is -1.95. The van der Waals surface area contributed by atoms with Crippen LogP contribution in [-0.2, 0) is 0 Å². The van der Waals surface area contributed by atoms with Gasteiger partial charge in [-0.1, -0.05) is 58.4 Å². The highest BCUT2D eigenvalue weighted by atomic mass is 79.9. The molecule has 0 amide bonds. The van der Waals surface area contributed by atoms with E-state index >= 15 is 0 Å². The van der Waals surface area contributed by atoms with Gasteiger partial charge in [0.1, 0.15) is 0 Å². The fourth-order valence-electron chi connectivity index (χ4n) is 0.831. The standard InChI is InChI=1S/C10H10BrCl/c11-8-10(12)7-6-9-4-2-1-3-5-9/h1-7,10H,8H2/b7-6+. The van der Waals surface area contributed by atoms with Gasteiger partial charge >= 0.3 is 0 Å². The van der Waals surface area contributed by atoms with Crippen molar-refractivity contribution in [2.45, 2.75) is 5.38 Å². The van der Waals surface area contributed by atoms with E-state index in [0.29, 0.717) is 0 Å². The lowest BCUT2D eigenvalue weighted by molar-refractivity contribution is 1.28. The molecular weight excluding hydrogens is 235 g/mol. The molecule has 0 aliphatic carbocycles. The Bertz CT molecular complexity index is 243. The minimum absolute atomic E-state index is 0.0743. The first-order valence-corrected chi connectivity index (χ1v) is 5.32. The SMILES string of the molecule is ClC(/C=C/c1ccccc1)CBr. The Hall–Kier alpha value is -0.270. The molecule has 1 rings (SSSR count). The molecule has 0 bridgehead atoms. The van der Waals surface area contributed by atoms with E-state index in [-0.39, 0.29) is 5.38 Å². The fraction of sp³-hybridized carbons (Fsp3) is 0.200. The van der Waals surface area contributed by atoms with Crippen LogP contribution in [-0.4, -0.2) is 10.7 Å². The number of hydrogen-bond donors (Lipinski definition) is 0. The lowest BCUT2D eigenvalue weighted by atomic mass is 10.2. The minimum Gasteiger partial charge on any atom is -0.118 e. The molecule has 2 heteroatoms. The zero-order valence-electron chi connectivity index (χ0n) is 6.58. The van der Waals surface area contributed by atoms with Gasteiger partial charge in [0.05, 0.1) is 5.38 Å². The van der Waals surface area contributed by atoms with Gasteiger partial charge in [-0.3, -0.25) is 0 Å². The van der Waals surface area contributed by atoms with Crippen LogP contribution in [0.1, 0.15) is 5.56 Å². The highest BCUT2D eigenvalue weighted by molar-refractivity contribution is 9.09. The fourth-order valence-corrected chi connectivity index (χ4v) is 1.12. The van der Waals surface area contributed by atoms with E-state index < -0.39 is 0 Å². The van der Waals surface area contributed by atoms with Crippen LogP contribution in [0.4, 0.5) is 0 Å². The van der Waals surface area contributed by atoms with Gasteiger partial charge in [-0.15, -0.1) is 11.6 Å². The first kappa shape index (κ1) is 9.82. The zero-order chi connectivity index (χ0) is 8.81. The summed E-state index contributed by atoms with van der Waals surface area (Å²) in [5, 5.41) is 0.864. The summed E-state index contributed by atoms with van der Waals surface area (Å²) in [6.45, 7) is 0. The van der Waals surface area contributed by atoms with Gasteiger partial charge in [-0.05, 0) is 5.56 Å². The smallest absolute Gasteiger partial charge is 0.0616 e. The molecule has 64 valence electrons. The summed E-state index contributed by atoms with van der Waals surface area (Å²) in [7, 11) is 0. The molecule has 12 heavy (non-hydrogen) atoms. The van der Waals surface area contributed by atoms with Gasteiger partial charge in [0.25, 0.3) is 0 Å². The molecule has 1 unspecified atom stereocenters. The number of alkyl halides is 2. The number of rotatable bonds is 3. The average molecular weight is 246 g/mol. The Kier molecular flexibility index (Phi) is 4.41. The Labute approximate surface area is 86.4 Å². The van der Waals surface area contributed by atoms with Crippen LogP contribution in [0, 0.1) is 0 Å². The quantitative estimate of drug-likeness (QED) is 0.712. The number of hydrogen-bond acceptors (Lipinski definition) is 0. The summed E-state index contributed by atoms with van der Waals surface area (Å²) in [5.41, 5.74) is 1.18. The molecule has 1 atom stereocenters. The molecule has 0 aliphatic heterocycles. The normalized spacial score (nSPS) is 13.5. The van der Waals surface area contributed by atoms with Crippen molar-refractivity contribution in [2.24, 2.45) is 0 Å². The van der Waals surface area contributed by atoms with E-state index in [0.717, 1.165) is 5.33 Å². The molecule has 0 heterocycles. The maximum Gasteiger partial charge on any atom is 0.0616 e. The van der Waals surface area contributed by atoms with Gasteiger partial charge in [0, 0.05) is 5.33 Å². The second kappa shape index (κ2) is 5.39. The number of benzene rings is 1. The average Bonchev–Trinajstić information content (AvgIpc) is 2.16. The van der Waals surface area contributed by atoms with Crippen LogP contribution < -0.4 is 0 Å². The van der Waals surface area contributed by atoms with Gasteiger partial charge < -0.3 is 0 Å². The van der Waals surface area contributed by atoms with Crippen molar-refractivity contribution in [1.82, 2.24) is 0 Å². The minimum atomic E-state index is 0.0743. The van der Waals surface area contributed by atoms with Crippen molar-refractivity contribution in [3.05, 3.63) is 42.0 Å². The maximum atomic E-state index is 5.88. The van der Waals surface area contributed by atoms with E-state index in [2.05, 4.69) is 15.9 Å². The molecule has 0 nitrogen and oxygen atoms in total. The Balaban J connectivity index is 2.58. The monoisotopic (exact) mass is 244 g/mol. The van der Waals surface area contributed by atoms with Crippen LogP contribution in [0.25, 0.3) is 6.08 Å². The van der Waals surface area contributed by atoms with E-state index in [4.69, 9.17) is 11.6 Å². The second-order valence-corrected chi connectivity index (χ2v) is 3.65. The van der Waals surface area contributed by atoms with Gasteiger partial charge in [0.15, 0.2) is 0 Å². The highest BCUT2D eigenvalue weighted by Crippen LogP contribution is 2.06. The number of halogens is 2. The molecule has 0 spiro atoms. The van der Waals surface area contributed by atoms with Crippen molar-refractivity contribution in [2.75, 3.05) is 5.33 Å². The molecular formula is C10H10BrCl. The summed E-state index contributed by atoms with van der Waals surface area (Å²) in [6.07, 6.45) is 4.00. The van der Waals surface area contributed by atoms with Crippen LogP contribution in [0.15, 0.2) is 36.4 Å². The first-order chi connectivity index (χ1) is 5.83. The van der Waals surface area contributed by atoms with E-state index in [1.54, 1.807) is 0 Å². The summed E-state index contributed by atoms with van der Waals surface area (Å²) in [6, 6.07) is 10.1. The Morgan fingerprint density at radius 1 is 1.33 bits per heavy atom. The molecule has 0 N–H and O–H groups in total. The van der Waals surface area contributed by atoms with Crippen molar-refractivity contribution >= 4 is 33.6 Å². The molecule has 1 aromatic carbocycles. The van der Waals surface area contributed by atoms with Crippen LogP contribution in [0.2, 0.25) is 0 Å². The van der Waals surface area contributed by atoms with Crippen molar-refractivity contribution in [1.29, 1.82) is 0 Å². The second-order valence-electron chi connectivity index (χ2n) is 2.44. The summed E-state index contributed by atoms with van der Waals surface area (Å²) >= 11 is 9.19. The molecule has 1 aromatic rings. The van der Waals surface area contributed by atoms with Gasteiger partial charge in [-0.2, -0.15) is 0 Å². The summed E-state index contributed by atoms with van der Waals surface area (Å²) in [4.78, 5) is 0. The molecule has 0 saturated carbocycles. The molecule has 0 saturated heterocycles. The summed E-state index contributed by atoms with van der Waals surface area (Å²) in [5.74, 6) is 0. The van der Waals surface area contributed by atoms with E-state index in [1.807, 2.05) is 42.5 Å². The predicted octanol–water partition coefficient (Wildman–Crippen LogP) is 3.70. The Morgan fingerprint density at radius 3 is 2.58 bits per heavy atom. The molecule has 0 radical (unpaired) electrons. The highest BCUT2D eigenvalue weighted by Gasteiger charge is 1.93. The van der Waals surface area contributed by atoms with E-state index in [1.165, 1.54) is 5.56 Å². The van der Waals surface area contributed by atoms with Crippen LogP contribution in [0.3, 0.4) is 0 Å². The summed E-state index contributed by atoms with van der Waals surface area (Å²) < 4.78 is 0.